The monoisotopic (exact) mass is 384 g/mol. The molecule has 0 bridgehead atoms. The molecule has 0 aliphatic heterocycles. The molecule has 138 valence electrons. The van der Waals surface area contributed by atoms with E-state index in [9.17, 15) is 15.0 Å². The summed E-state index contributed by atoms with van der Waals surface area (Å²) >= 11 is 6.06. The smallest absolute Gasteiger partial charge is 0.189 e. The highest BCUT2D eigenvalue weighted by molar-refractivity contribution is 6.31. The number of ketones is 1. The molecule has 0 saturated heterocycles. The number of hydrogen-bond donors (Lipinski definition) is 2. The van der Waals surface area contributed by atoms with Gasteiger partial charge in [0.2, 0.25) is 0 Å². The lowest BCUT2D eigenvalue weighted by Gasteiger charge is -2.08. The zero-order valence-corrected chi connectivity index (χ0v) is 15.2. The van der Waals surface area contributed by atoms with Crippen LogP contribution < -0.4 is 4.74 Å². The molecule has 0 saturated carbocycles. The Morgan fingerprint density at radius 3 is 2.78 bits per heavy atom. The quantitative estimate of drug-likeness (QED) is 0.455. The fourth-order valence-electron chi connectivity index (χ4n) is 2.43. The first kappa shape index (κ1) is 18.6. The van der Waals surface area contributed by atoms with Gasteiger partial charge < -0.3 is 19.4 Å². The van der Waals surface area contributed by atoms with Crippen molar-refractivity contribution in [3.63, 3.8) is 0 Å². The highest BCUT2D eigenvalue weighted by Gasteiger charge is 2.10. The number of halogens is 1. The first-order valence-electron chi connectivity index (χ1n) is 8.15. The van der Waals surface area contributed by atoms with Crippen molar-refractivity contribution in [1.82, 2.24) is 0 Å². The van der Waals surface area contributed by atoms with Gasteiger partial charge in [0.05, 0.1) is 5.56 Å². The third-order valence-corrected chi connectivity index (χ3v) is 4.33. The molecular formula is C21H17ClO5. The molecule has 3 aromatic rings. The summed E-state index contributed by atoms with van der Waals surface area (Å²) in [5, 5.41) is 19.6. The van der Waals surface area contributed by atoms with Gasteiger partial charge in [-0.2, -0.15) is 0 Å². The second-order valence-corrected chi connectivity index (χ2v) is 6.26. The number of hydrogen-bond acceptors (Lipinski definition) is 5. The van der Waals surface area contributed by atoms with Gasteiger partial charge in [-0.05, 0) is 55.5 Å². The van der Waals surface area contributed by atoms with Crippen LogP contribution in [-0.4, -0.2) is 16.0 Å². The maximum Gasteiger partial charge on any atom is 0.189 e. The SMILES string of the molecule is Cc1c(Cl)cccc1OCc1ccc(/C=C/C(=O)c2ccc(O)cc2O)o1. The molecule has 0 unspecified atom stereocenters. The Bertz CT molecular complexity index is 1000. The molecule has 0 spiro atoms. The summed E-state index contributed by atoms with van der Waals surface area (Å²) in [7, 11) is 0. The first-order valence-corrected chi connectivity index (χ1v) is 8.53. The highest BCUT2D eigenvalue weighted by atomic mass is 35.5. The van der Waals surface area contributed by atoms with Gasteiger partial charge in [0.25, 0.3) is 0 Å². The van der Waals surface area contributed by atoms with E-state index in [-0.39, 0.29) is 23.7 Å². The maximum atomic E-state index is 12.1. The van der Waals surface area contributed by atoms with Gasteiger partial charge in [-0.1, -0.05) is 17.7 Å². The average Bonchev–Trinajstić information content (AvgIpc) is 3.09. The third kappa shape index (κ3) is 4.51. The van der Waals surface area contributed by atoms with Crippen molar-refractivity contribution in [3.8, 4) is 17.2 Å². The fraction of sp³-hybridized carbons (Fsp3) is 0.0952. The molecule has 1 heterocycles. The van der Waals surface area contributed by atoms with E-state index in [1.54, 1.807) is 18.2 Å². The van der Waals surface area contributed by atoms with Crippen LogP contribution >= 0.6 is 11.6 Å². The van der Waals surface area contributed by atoms with Crippen LogP contribution in [-0.2, 0) is 6.61 Å². The summed E-state index contributed by atoms with van der Waals surface area (Å²) < 4.78 is 11.3. The van der Waals surface area contributed by atoms with Gasteiger partial charge in [0, 0.05) is 16.7 Å². The van der Waals surface area contributed by atoms with Crippen LogP contribution in [0.3, 0.4) is 0 Å². The van der Waals surface area contributed by atoms with Gasteiger partial charge in [0.1, 0.15) is 35.4 Å². The number of phenolic OH excluding ortho intramolecular Hbond substituents is 2. The van der Waals surface area contributed by atoms with E-state index in [0.29, 0.717) is 22.3 Å². The first-order chi connectivity index (χ1) is 12.9. The van der Waals surface area contributed by atoms with E-state index < -0.39 is 5.78 Å². The summed E-state index contributed by atoms with van der Waals surface area (Å²) in [5.41, 5.74) is 0.945. The lowest BCUT2D eigenvalue weighted by molar-refractivity contribution is 0.104. The van der Waals surface area contributed by atoms with Crippen molar-refractivity contribution in [2.75, 3.05) is 0 Å². The summed E-state index contributed by atoms with van der Waals surface area (Å²) in [6, 6.07) is 12.7. The number of phenols is 2. The minimum atomic E-state index is -0.406. The van der Waals surface area contributed by atoms with Crippen molar-refractivity contribution in [2.45, 2.75) is 13.5 Å². The zero-order valence-electron chi connectivity index (χ0n) is 14.5. The van der Waals surface area contributed by atoms with Crippen LogP contribution in [0, 0.1) is 6.92 Å². The van der Waals surface area contributed by atoms with Crippen LogP contribution in [0.2, 0.25) is 5.02 Å². The van der Waals surface area contributed by atoms with Crippen LogP contribution in [0.1, 0.15) is 27.4 Å². The van der Waals surface area contributed by atoms with Crippen LogP contribution in [0.25, 0.3) is 6.08 Å². The Morgan fingerprint density at radius 1 is 1.19 bits per heavy atom. The number of aromatic hydroxyl groups is 2. The number of rotatable bonds is 6. The van der Waals surface area contributed by atoms with E-state index >= 15 is 0 Å². The molecule has 2 aromatic carbocycles. The van der Waals surface area contributed by atoms with Crippen molar-refractivity contribution in [3.05, 3.63) is 82.3 Å². The molecule has 27 heavy (non-hydrogen) atoms. The summed E-state index contributed by atoms with van der Waals surface area (Å²) in [4.78, 5) is 12.1. The van der Waals surface area contributed by atoms with Crippen LogP contribution in [0.5, 0.6) is 17.2 Å². The number of benzene rings is 2. The predicted molar refractivity (Wildman–Crippen MR) is 102 cm³/mol. The van der Waals surface area contributed by atoms with Gasteiger partial charge in [0.15, 0.2) is 5.78 Å². The molecule has 0 aliphatic rings. The molecule has 0 atom stereocenters. The Balaban J connectivity index is 1.64. The highest BCUT2D eigenvalue weighted by Crippen LogP contribution is 2.26. The molecule has 3 rings (SSSR count). The van der Waals surface area contributed by atoms with Crippen molar-refractivity contribution >= 4 is 23.5 Å². The van der Waals surface area contributed by atoms with Gasteiger partial charge in [-0.15, -0.1) is 0 Å². The zero-order chi connectivity index (χ0) is 19.4. The Labute approximate surface area is 161 Å². The normalized spacial score (nSPS) is 11.0. The maximum absolute atomic E-state index is 12.1. The molecule has 0 aliphatic carbocycles. The topological polar surface area (TPSA) is 79.9 Å². The summed E-state index contributed by atoms with van der Waals surface area (Å²) in [6.45, 7) is 2.10. The molecule has 0 radical (unpaired) electrons. The molecule has 5 nitrogen and oxygen atoms in total. The third-order valence-electron chi connectivity index (χ3n) is 3.92. The molecule has 0 fully saturated rings. The number of ether oxygens (including phenoxy) is 1. The molecular weight excluding hydrogens is 368 g/mol. The van der Waals surface area contributed by atoms with E-state index in [4.69, 9.17) is 20.8 Å². The predicted octanol–water partition coefficient (Wildman–Crippen LogP) is 5.13. The van der Waals surface area contributed by atoms with Gasteiger partial charge >= 0.3 is 0 Å². The Kier molecular flexibility index (Phi) is 5.52. The van der Waals surface area contributed by atoms with Crippen LogP contribution in [0.4, 0.5) is 0 Å². The number of furan rings is 1. The Morgan fingerprint density at radius 2 is 2.00 bits per heavy atom. The lowest BCUT2D eigenvalue weighted by Crippen LogP contribution is -1.95. The van der Waals surface area contributed by atoms with Crippen molar-refractivity contribution in [1.29, 1.82) is 0 Å². The Hall–Kier alpha value is -3.18. The van der Waals surface area contributed by atoms with Gasteiger partial charge in [-0.3, -0.25) is 4.79 Å². The second kappa shape index (κ2) is 8.01. The molecule has 6 heteroatoms. The average molecular weight is 385 g/mol. The van der Waals surface area contributed by atoms with Gasteiger partial charge in [-0.25, -0.2) is 0 Å². The summed E-state index contributed by atoms with van der Waals surface area (Å²) in [5.74, 6) is 0.941. The number of carbonyl (C=O) groups excluding carboxylic acids is 1. The molecule has 2 N–H and O–H groups in total. The second-order valence-electron chi connectivity index (χ2n) is 5.85. The van der Waals surface area contributed by atoms with E-state index in [0.717, 1.165) is 11.6 Å². The largest absolute Gasteiger partial charge is 0.508 e. The van der Waals surface area contributed by atoms with E-state index in [1.807, 2.05) is 19.1 Å². The molecule has 0 amide bonds. The van der Waals surface area contributed by atoms with Crippen LogP contribution in [0.15, 0.2) is 59.0 Å². The fourth-order valence-corrected chi connectivity index (χ4v) is 2.60. The standard InChI is InChI=1S/C21H17ClO5/c1-13-18(22)3-2-4-21(13)26-12-16-7-6-15(27-16)8-10-19(24)17-9-5-14(23)11-20(17)25/h2-11,23,25H,12H2,1H3/b10-8+. The lowest BCUT2D eigenvalue weighted by atomic mass is 10.1. The number of allylic oxidation sites excluding steroid dienone is 1. The summed E-state index contributed by atoms with van der Waals surface area (Å²) in [6.07, 6.45) is 2.79. The van der Waals surface area contributed by atoms with E-state index in [2.05, 4.69) is 0 Å². The minimum absolute atomic E-state index is 0.0931. The van der Waals surface area contributed by atoms with Crippen molar-refractivity contribution < 1.29 is 24.2 Å². The molecule has 1 aromatic heterocycles. The number of carbonyl (C=O) groups is 1. The van der Waals surface area contributed by atoms with E-state index in [1.165, 1.54) is 24.3 Å². The van der Waals surface area contributed by atoms with Crippen molar-refractivity contribution in [2.24, 2.45) is 0 Å². The minimum Gasteiger partial charge on any atom is -0.508 e.